The number of nitrogens with zero attached hydrogens (tertiary/aromatic N) is 2. The number of rotatable bonds is 2. The lowest BCUT2D eigenvalue weighted by molar-refractivity contribution is -0.118. The maximum Gasteiger partial charge on any atom is 0.253 e. The van der Waals surface area contributed by atoms with Crippen LogP contribution in [-0.4, -0.2) is 34.8 Å². The molecule has 1 unspecified atom stereocenters. The Bertz CT molecular complexity index is 1040. The number of benzene rings is 2. The van der Waals surface area contributed by atoms with Crippen LogP contribution < -0.4 is 5.32 Å². The smallest absolute Gasteiger partial charge is 0.253 e. The van der Waals surface area contributed by atoms with Crippen molar-refractivity contribution in [1.82, 2.24) is 9.88 Å². The Morgan fingerprint density at radius 1 is 1.15 bits per heavy atom. The van der Waals surface area contributed by atoms with E-state index in [0.717, 1.165) is 34.3 Å². The van der Waals surface area contributed by atoms with Crippen LogP contribution >= 0.6 is 11.3 Å². The van der Waals surface area contributed by atoms with Gasteiger partial charge in [-0.3, -0.25) is 9.59 Å². The van der Waals surface area contributed by atoms with Crippen molar-refractivity contribution in [3.05, 3.63) is 59.1 Å². The standard InChI is InChI=1S/C21H19N3O2S/c25-20-19(15-3-1-2-4-16(15)23-20)13-7-9-24(10-8-13)21(26)14-5-6-17-18(11-14)27-12-22-17/h1-6,11-13,19H,7-10H2,(H,23,25). The lowest BCUT2D eigenvalue weighted by atomic mass is 9.80. The quantitative estimate of drug-likeness (QED) is 0.737. The first kappa shape index (κ1) is 16.4. The van der Waals surface area contributed by atoms with Crippen molar-refractivity contribution in [3.8, 4) is 0 Å². The van der Waals surface area contributed by atoms with E-state index in [1.807, 2.05) is 47.4 Å². The lowest BCUT2D eigenvalue weighted by Crippen LogP contribution is -2.40. The minimum absolute atomic E-state index is 0.0695. The van der Waals surface area contributed by atoms with Gasteiger partial charge >= 0.3 is 0 Å². The van der Waals surface area contributed by atoms with Crippen molar-refractivity contribution < 1.29 is 9.59 Å². The number of likely N-dealkylation sites (tertiary alicyclic amines) is 1. The first-order chi connectivity index (χ1) is 13.2. The Kier molecular flexibility index (Phi) is 3.93. The number of amides is 2. The van der Waals surface area contributed by atoms with Crippen molar-refractivity contribution in [2.24, 2.45) is 5.92 Å². The van der Waals surface area contributed by atoms with Crippen LogP contribution in [0.2, 0.25) is 0 Å². The Morgan fingerprint density at radius 3 is 2.81 bits per heavy atom. The van der Waals surface area contributed by atoms with Gasteiger partial charge in [0.05, 0.1) is 21.6 Å². The number of aromatic nitrogens is 1. The molecule has 2 aromatic carbocycles. The number of carbonyl (C=O) groups is 2. The maximum absolute atomic E-state index is 12.9. The van der Waals surface area contributed by atoms with Crippen LogP contribution in [0.5, 0.6) is 0 Å². The summed E-state index contributed by atoms with van der Waals surface area (Å²) < 4.78 is 1.04. The minimum atomic E-state index is -0.0907. The fourth-order valence-corrected chi connectivity index (χ4v) is 5.02. The fourth-order valence-electron chi connectivity index (χ4n) is 4.31. The number of nitrogens with one attached hydrogen (secondary N) is 1. The molecule has 1 aromatic heterocycles. The van der Waals surface area contributed by atoms with Crippen LogP contribution in [0.4, 0.5) is 5.69 Å². The van der Waals surface area contributed by atoms with Gasteiger partial charge < -0.3 is 10.2 Å². The SMILES string of the molecule is O=C1Nc2ccccc2C1C1CCN(C(=O)c2ccc3ncsc3c2)CC1. The van der Waals surface area contributed by atoms with E-state index in [1.165, 1.54) is 0 Å². The van der Waals surface area contributed by atoms with Gasteiger partial charge in [0.15, 0.2) is 0 Å². The molecule has 1 N–H and O–H groups in total. The molecule has 0 bridgehead atoms. The zero-order valence-electron chi connectivity index (χ0n) is 14.7. The molecule has 6 heteroatoms. The van der Waals surface area contributed by atoms with Crippen molar-refractivity contribution in [3.63, 3.8) is 0 Å². The van der Waals surface area contributed by atoms with Crippen molar-refractivity contribution >= 4 is 39.1 Å². The zero-order chi connectivity index (χ0) is 18.4. The van der Waals surface area contributed by atoms with E-state index in [9.17, 15) is 9.59 Å². The summed E-state index contributed by atoms with van der Waals surface area (Å²) in [5, 5.41) is 2.99. The van der Waals surface area contributed by atoms with Gasteiger partial charge in [0.1, 0.15) is 0 Å². The van der Waals surface area contributed by atoms with Crippen molar-refractivity contribution in [2.45, 2.75) is 18.8 Å². The number of thiazole rings is 1. The van der Waals surface area contributed by atoms with Gasteiger partial charge in [-0.25, -0.2) is 4.98 Å². The molecular weight excluding hydrogens is 358 g/mol. The van der Waals surface area contributed by atoms with Crippen LogP contribution in [0, 0.1) is 5.92 Å². The summed E-state index contributed by atoms with van der Waals surface area (Å²) in [6, 6.07) is 13.6. The zero-order valence-corrected chi connectivity index (χ0v) is 15.5. The third-order valence-corrected chi connectivity index (χ3v) is 6.50. The highest BCUT2D eigenvalue weighted by Gasteiger charge is 2.38. The Morgan fingerprint density at radius 2 is 1.96 bits per heavy atom. The summed E-state index contributed by atoms with van der Waals surface area (Å²) in [4.78, 5) is 31.5. The molecule has 0 saturated carbocycles. The Hall–Kier alpha value is -2.73. The second-order valence-electron chi connectivity index (χ2n) is 7.22. The average Bonchev–Trinajstić information content (AvgIpc) is 3.30. The topological polar surface area (TPSA) is 62.3 Å². The summed E-state index contributed by atoms with van der Waals surface area (Å²) in [5.41, 5.74) is 5.48. The molecule has 27 heavy (non-hydrogen) atoms. The molecule has 2 aliphatic rings. The molecule has 3 aromatic rings. The van der Waals surface area contributed by atoms with Gasteiger partial charge in [0.2, 0.25) is 5.91 Å². The molecule has 2 aliphatic heterocycles. The molecule has 3 heterocycles. The van der Waals surface area contributed by atoms with Crippen LogP contribution in [0.3, 0.4) is 0 Å². The molecule has 5 rings (SSSR count). The molecule has 0 spiro atoms. The molecule has 2 amide bonds. The summed E-state index contributed by atoms with van der Waals surface area (Å²) in [6.07, 6.45) is 1.70. The summed E-state index contributed by atoms with van der Waals surface area (Å²) in [7, 11) is 0. The molecule has 136 valence electrons. The molecule has 0 radical (unpaired) electrons. The number of piperidine rings is 1. The van der Waals surface area contributed by atoms with E-state index in [2.05, 4.69) is 10.3 Å². The maximum atomic E-state index is 12.9. The van der Waals surface area contributed by atoms with Crippen LogP contribution in [0.1, 0.15) is 34.7 Å². The first-order valence-corrected chi connectivity index (χ1v) is 10.1. The van der Waals surface area contributed by atoms with Crippen LogP contribution in [0.25, 0.3) is 10.2 Å². The van der Waals surface area contributed by atoms with Crippen LogP contribution in [-0.2, 0) is 4.79 Å². The van der Waals surface area contributed by atoms with Gasteiger partial charge in [0, 0.05) is 24.3 Å². The number of hydrogen-bond acceptors (Lipinski definition) is 4. The minimum Gasteiger partial charge on any atom is -0.339 e. The van der Waals surface area contributed by atoms with E-state index < -0.39 is 0 Å². The van der Waals surface area contributed by atoms with Gasteiger partial charge in [0.25, 0.3) is 5.91 Å². The molecular formula is C21H19N3O2S. The highest BCUT2D eigenvalue weighted by molar-refractivity contribution is 7.16. The van der Waals surface area contributed by atoms with Crippen LogP contribution in [0.15, 0.2) is 48.0 Å². The molecule has 1 fully saturated rings. The van der Waals surface area contributed by atoms with E-state index in [0.29, 0.717) is 18.7 Å². The van der Waals surface area contributed by atoms with Gasteiger partial charge in [-0.2, -0.15) is 0 Å². The molecule has 0 aliphatic carbocycles. The fraction of sp³-hybridized carbons (Fsp3) is 0.286. The number of para-hydroxylation sites is 1. The van der Waals surface area contributed by atoms with E-state index in [-0.39, 0.29) is 23.7 Å². The highest BCUT2D eigenvalue weighted by Crippen LogP contribution is 2.41. The number of anilines is 1. The monoisotopic (exact) mass is 377 g/mol. The Balaban J connectivity index is 1.30. The summed E-state index contributed by atoms with van der Waals surface area (Å²) >= 11 is 1.55. The average molecular weight is 377 g/mol. The van der Waals surface area contributed by atoms with Gasteiger partial charge in [-0.15, -0.1) is 11.3 Å². The second-order valence-corrected chi connectivity index (χ2v) is 8.11. The first-order valence-electron chi connectivity index (χ1n) is 9.23. The van der Waals surface area contributed by atoms with Gasteiger partial charge in [-0.05, 0) is 48.6 Å². The number of hydrogen-bond donors (Lipinski definition) is 1. The molecule has 1 atom stereocenters. The summed E-state index contributed by atoms with van der Waals surface area (Å²) in [6.45, 7) is 1.38. The third-order valence-electron chi connectivity index (χ3n) is 5.71. The normalized spacial score (nSPS) is 19.9. The number of carbonyl (C=O) groups excluding carboxylic acids is 2. The largest absolute Gasteiger partial charge is 0.339 e. The Labute approximate surface area is 161 Å². The molecule has 1 saturated heterocycles. The predicted octanol–water partition coefficient (Wildman–Crippen LogP) is 3.88. The van der Waals surface area contributed by atoms with E-state index in [1.54, 1.807) is 16.8 Å². The highest BCUT2D eigenvalue weighted by atomic mass is 32.1. The lowest BCUT2D eigenvalue weighted by Gasteiger charge is -2.34. The predicted molar refractivity (Wildman–Crippen MR) is 106 cm³/mol. The molecule has 5 nitrogen and oxygen atoms in total. The number of fused-ring (bicyclic) bond motifs is 2. The summed E-state index contributed by atoms with van der Waals surface area (Å²) in [5.74, 6) is 0.352. The van der Waals surface area contributed by atoms with Crippen molar-refractivity contribution in [1.29, 1.82) is 0 Å². The van der Waals surface area contributed by atoms with Gasteiger partial charge in [-0.1, -0.05) is 18.2 Å². The third kappa shape index (κ3) is 2.80. The van der Waals surface area contributed by atoms with E-state index in [4.69, 9.17) is 0 Å². The second kappa shape index (κ2) is 6.46. The van der Waals surface area contributed by atoms with Crippen molar-refractivity contribution in [2.75, 3.05) is 18.4 Å². The van der Waals surface area contributed by atoms with E-state index >= 15 is 0 Å².